The second-order valence-electron chi connectivity index (χ2n) is 16.4. The van der Waals surface area contributed by atoms with Crippen LogP contribution in [0.15, 0.2) is 48.1 Å². The Morgan fingerprint density at radius 2 is 1.62 bits per heavy atom. The van der Waals surface area contributed by atoms with Gasteiger partial charge in [0.1, 0.15) is 23.4 Å². The molecule has 5 amide bonds. The van der Waals surface area contributed by atoms with Gasteiger partial charge in [-0.05, 0) is 63.3 Å². The molecule has 56 heavy (non-hydrogen) atoms. The van der Waals surface area contributed by atoms with E-state index in [2.05, 4.69) is 30.8 Å². The van der Waals surface area contributed by atoms with E-state index in [4.69, 9.17) is 4.74 Å². The molecule has 2 fully saturated rings. The number of pyridine rings is 1. The van der Waals surface area contributed by atoms with Gasteiger partial charge in [0.2, 0.25) is 17.7 Å². The van der Waals surface area contributed by atoms with Crippen molar-refractivity contribution in [3.63, 3.8) is 0 Å². The van der Waals surface area contributed by atoms with Crippen LogP contribution in [0.5, 0.6) is 0 Å². The first-order valence-electron chi connectivity index (χ1n) is 18.9. The normalized spacial score (nSPS) is 18.6. The molecule has 5 rings (SSSR count). The molecule has 2 saturated heterocycles. The van der Waals surface area contributed by atoms with Crippen LogP contribution >= 0.6 is 11.3 Å². The largest absolute Gasteiger partial charge is 0.444 e. The molecule has 4 N–H and O–H groups in total. The number of thiazole rings is 1. The lowest BCUT2D eigenvalue weighted by Crippen LogP contribution is -2.58. The lowest BCUT2D eigenvalue weighted by atomic mass is 9.85. The molecule has 2 aliphatic rings. The smallest absolute Gasteiger partial charge is 0.410 e. The fourth-order valence-corrected chi connectivity index (χ4v) is 7.47. The van der Waals surface area contributed by atoms with E-state index >= 15 is 0 Å². The molecule has 0 saturated carbocycles. The summed E-state index contributed by atoms with van der Waals surface area (Å²) in [5.74, 6) is -2.08. The lowest BCUT2D eigenvalue weighted by Gasteiger charge is -2.36. The van der Waals surface area contributed by atoms with Crippen molar-refractivity contribution in [2.75, 3.05) is 44.2 Å². The topological polar surface area (TPSA) is 186 Å². The molecule has 15 nitrogen and oxygen atoms in total. The van der Waals surface area contributed by atoms with Crippen LogP contribution in [-0.2, 0) is 19.1 Å². The van der Waals surface area contributed by atoms with Crippen molar-refractivity contribution in [2.24, 2.45) is 5.41 Å². The number of nitrogens with one attached hydrogen (secondary N) is 3. The molecule has 302 valence electrons. The molecular formula is C40H54N8O7S. The van der Waals surface area contributed by atoms with Gasteiger partial charge in [0.05, 0.1) is 46.7 Å². The predicted molar refractivity (Wildman–Crippen MR) is 213 cm³/mol. The Kier molecular flexibility index (Phi) is 13.0. The number of hydrogen-bond acceptors (Lipinski definition) is 11. The molecule has 2 aromatic heterocycles. The Morgan fingerprint density at radius 3 is 2.20 bits per heavy atom. The molecular weight excluding hydrogens is 737 g/mol. The minimum absolute atomic E-state index is 0.0584. The minimum atomic E-state index is -1.05. The zero-order chi connectivity index (χ0) is 40.9. The number of β-amino-alcohol motifs (C(OH)–C–C–N with tert-alkyl or cyclic N) is 1. The van der Waals surface area contributed by atoms with Crippen LogP contribution in [0.2, 0.25) is 0 Å². The zero-order valence-corrected chi connectivity index (χ0v) is 34.2. The van der Waals surface area contributed by atoms with Gasteiger partial charge in [-0.2, -0.15) is 0 Å². The van der Waals surface area contributed by atoms with Gasteiger partial charge in [-0.3, -0.25) is 19.2 Å². The van der Waals surface area contributed by atoms with E-state index in [9.17, 15) is 29.1 Å². The van der Waals surface area contributed by atoms with Crippen LogP contribution < -0.4 is 20.9 Å². The number of piperazine rings is 1. The number of aromatic nitrogens is 2. The molecule has 0 spiro atoms. The van der Waals surface area contributed by atoms with Gasteiger partial charge in [-0.1, -0.05) is 45.0 Å². The van der Waals surface area contributed by atoms with Gasteiger partial charge in [-0.25, -0.2) is 14.8 Å². The first-order valence-corrected chi connectivity index (χ1v) is 19.7. The van der Waals surface area contributed by atoms with Crippen molar-refractivity contribution >= 4 is 46.7 Å². The van der Waals surface area contributed by atoms with Crippen LogP contribution in [-0.4, -0.2) is 118 Å². The number of benzene rings is 1. The summed E-state index contributed by atoms with van der Waals surface area (Å²) in [4.78, 5) is 80.9. The van der Waals surface area contributed by atoms with E-state index in [-0.39, 0.29) is 30.8 Å². The summed E-state index contributed by atoms with van der Waals surface area (Å²) >= 11 is 1.56. The molecule has 4 atom stereocenters. The van der Waals surface area contributed by atoms with Crippen molar-refractivity contribution in [2.45, 2.75) is 91.6 Å². The Labute approximate surface area is 332 Å². The van der Waals surface area contributed by atoms with E-state index < -0.39 is 59.4 Å². The van der Waals surface area contributed by atoms with Crippen molar-refractivity contribution < 1.29 is 33.8 Å². The van der Waals surface area contributed by atoms with E-state index in [1.54, 1.807) is 60.8 Å². The third-order valence-electron chi connectivity index (χ3n) is 9.75. The average Bonchev–Trinajstić information content (AvgIpc) is 3.76. The molecule has 3 aromatic rings. The summed E-state index contributed by atoms with van der Waals surface area (Å²) in [7, 11) is 0. The Hall–Kier alpha value is -5.09. The van der Waals surface area contributed by atoms with Crippen molar-refractivity contribution in [1.29, 1.82) is 0 Å². The Bertz CT molecular complexity index is 1880. The highest BCUT2D eigenvalue weighted by Gasteiger charge is 2.44. The molecule has 1 aromatic carbocycles. The summed E-state index contributed by atoms with van der Waals surface area (Å²) in [5.41, 5.74) is 4.23. The molecule has 0 radical (unpaired) electrons. The number of aryl methyl sites for hydroxylation is 1. The zero-order valence-electron chi connectivity index (χ0n) is 33.4. The lowest BCUT2D eigenvalue weighted by molar-refractivity contribution is -0.144. The summed E-state index contributed by atoms with van der Waals surface area (Å²) in [6.45, 7) is 16.3. The maximum Gasteiger partial charge on any atom is 0.410 e. The first-order chi connectivity index (χ1) is 26.3. The van der Waals surface area contributed by atoms with Crippen molar-refractivity contribution in [3.8, 4) is 10.4 Å². The highest BCUT2D eigenvalue weighted by Crippen LogP contribution is 2.30. The van der Waals surface area contributed by atoms with E-state index in [1.807, 2.05) is 58.9 Å². The fourth-order valence-electron chi connectivity index (χ4n) is 6.66. The Morgan fingerprint density at radius 1 is 0.946 bits per heavy atom. The quantitative estimate of drug-likeness (QED) is 0.236. The highest BCUT2D eigenvalue weighted by molar-refractivity contribution is 7.13. The second-order valence-corrected chi connectivity index (χ2v) is 17.3. The van der Waals surface area contributed by atoms with Crippen LogP contribution in [0.1, 0.15) is 82.7 Å². The predicted octanol–water partition coefficient (Wildman–Crippen LogP) is 3.67. The third-order valence-corrected chi connectivity index (χ3v) is 10.7. The van der Waals surface area contributed by atoms with Crippen LogP contribution in [0.3, 0.4) is 0 Å². The van der Waals surface area contributed by atoms with Gasteiger partial charge in [-0.15, -0.1) is 11.3 Å². The average molecular weight is 791 g/mol. The van der Waals surface area contributed by atoms with Gasteiger partial charge in [0.25, 0.3) is 5.91 Å². The summed E-state index contributed by atoms with van der Waals surface area (Å²) in [6.07, 6.45) is 0.370. The summed E-state index contributed by atoms with van der Waals surface area (Å²) < 4.78 is 5.47. The van der Waals surface area contributed by atoms with E-state index in [1.165, 1.54) is 4.90 Å². The van der Waals surface area contributed by atoms with Crippen LogP contribution in [0.25, 0.3) is 10.4 Å². The van der Waals surface area contributed by atoms with Gasteiger partial charge in [0.15, 0.2) is 0 Å². The number of rotatable bonds is 10. The summed E-state index contributed by atoms with van der Waals surface area (Å²) in [5, 5.41) is 18.9. The number of nitrogens with zero attached hydrogens (tertiary/aromatic N) is 5. The number of aliphatic hydroxyl groups excluding tert-OH is 1. The third kappa shape index (κ3) is 10.6. The Balaban J connectivity index is 1.14. The number of hydrogen-bond donors (Lipinski definition) is 4. The fraction of sp³-hybridized carbons (Fsp3) is 0.525. The molecule has 4 heterocycles. The highest BCUT2D eigenvalue weighted by atomic mass is 32.1. The number of likely N-dealkylation sites (tertiary alicyclic amines) is 1. The molecule has 0 aliphatic carbocycles. The summed E-state index contributed by atoms with van der Waals surface area (Å²) in [6, 6.07) is 8.82. The van der Waals surface area contributed by atoms with Gasteiger partial charge in [0, 0.05) is 39.1 Å². The van der Waals surface area contributed by atoms with E-state index in [0.29, 0.717) is 26.2 Å². The maximum atomic E-state index is 14.0. The number of aliphatic hydroxyl groups is 1. The van der Waals surface area contributed by atoms with Crippen LogP contribution in [0.4, 0.5) is 10.5 Å². The minimum Gasteiger partial charge on any atom is -0.444 e. The van der Waals surface area contributed by atoms with Crippen molar-refractivity contribution in [3.05, 3.63) is 65.1 Å². The molecule has 2 aliphatic heterocycles. The number of anilines is 1. The maximum absolute atomic E-state index is 14.0. The second kappa shape index (κ2) is 17.4. The van der Waals surface area contributed by atoms with Crippen LogP contribution in [0, 0.1) is 12.3 Å². The number of ether oxygens (including phenoxy) is 1. The first kappa shape index (κ1) is 42.1. The monoisotopic (exact) mass is 790 g/mol. The molecule has 0 bridgehead atoms. The number of carbonyl (C=O) groups is 5. The van der Waals surface area contributed by atoms with E-state index in [0.717, 1.165) is 27.4 Å². The standard InChI is InChI=1S/C40H54N8O7S/c1-24(26-9-11-27(12-10-26)33-25(2)43-23-56-33)44-36(52)31-19-29(49)22-48(31)37(53)34(39(3,4)5)45-32(50)21-42-35(51)30-14-13-28(20-41-30)46-15-17-47(18-16-46)38(54)55-40(6,7)8/h9-14,20,23-24,29,31,34,49H,15-19,21-22H2,1-8H3,(H,42,51)(H,44,52)(H,45,50)/t24-,29+,31-,34?/m0/s1. The molecule has 16 heteroatoms. The SMILES string of the molecule is Cc1ncsc1-c1ccc([C@H](C)NC(=O)[C@@H]2C[C@@H](O)CN2C(=O)C(NC(=O)CNC(=O)c2ccc(N3CCN(C(=O)OC(C)(C)C)CC3)cn2)C(C)(C)C)cc1. The van der Waals surface area contributed by atoms with Gasteiger partial charge < -0.3 is 40.5 Å². The van der Waals surface area contributed by atoms with Crippen molar-refractivity contribution in [1.82, 2.24) is 35.7 Å². The number of amides is 5. The molecule has 1 unspecified atom stereocenters. The van der Waals surface area contributed by atoms with Gasteiger partial charge >= 0.3 is 6.09 Å². The number of carbonyl (C=O) groups excluding carboxylic acids is 5.